The molecule has 0 saturated carbocycles. The number of aromatic carboxylic acids is 1. The molecule has 1 aliphatic rings. The number of carboxylic acid groups (broad SMARTS) is 1. The summed E-state index contributed by atoms with van der Waals surface area (Å²) in [6.07, 6.45) is 1.14. The number of hydrogen-bond donors (Lipinski definition) is 1. The van der Waals surface area contributed by atoms with E-state index >= 15 is 0 Å². The number of para-hydroxylation sites is 2. The quantitative estimate of drug-likeness (QED) is 0.498. The summed E-state index contributed by atoms with van der Waals surface area (Å²) in [5, 5.41) is 15.3. The first-order chi connectivity index (χ1) is 14.5. The first-order valence-electron chi connectivity index (χ1n) is 8.76. The van der Waals surface area contributed by atoms with Gasteiger partial charge in [0, 0.05) is 5.56 Å². The van der Waals surface area contributed by atoms with Gasteiger partial charge in [0.05, 0.1) is 37.7 Å². The molecule has 30 heavy (non-hydrogen) atoms. The fourth-order valence-electron chi connectivity index (χ4n) is 2.94. The molecular formula is C20H18N3O7-. The number of carboxylic acids is 1. The lowest BCUT2D eigenvalue weighted by Crippen LogP contribution is -2.44. The smallest absolute Gasteiger partial charge is 0.265 e. The number of hydrogen-bond acceptors (Lipinski definition) is 8. The van der Waals surface area contributed by atoms with Crippen LogP contribution in [0.4, 0.5) is 5.69 Å². The summed E-state index contributed by atoms with van der Waals surface area (Å²) in [6, 6.07) is 9.78. The minimum absolute atomic E-state index is 0.0247. The van der Waals surface area contributed by atoms with Crippen LogP contribution in [0.15, 0.2) is 41.5 Å². The van der Waals surface area contributed by atoms with E-state index in [1.54, 1.807) is 24.3 Å². The number of carbonyl (C=O) groups is 3. The Morgan fingerprint density at radius 2 is 2.00 bits per heavy atom. The Balaban J connectivity index is 1.74. The minimum atomic E-state index is -1.49. The van der Waals surface area contributed by atoms with Crippen LogP contribution in [0.3, 0.4) is 0 Å². The van der Waals surface area contributed by atoms with Gasteiger partial charge in [-0.15, -0.1) is 0 Å². The molecule has 2 aromatic rings. The standard InChI is InChI=1S/C20H19N3O7/c1-28-15-8-7-12(18(20(26)27)19(15)29-2)9-21-22-16(24)10-23-13-5-3-4-6-14(13)30-11-17(23)25/h3-9H,10-11H2,1-2H3,(H,22,24)(H,26,27)/p-1/b21-9-. The van der Waals surface area contributed by atoms with Crippen LogP contribution in [0.2, 0.25) is 0 Å². The molecule has 3 rings (SSSR count). The molecule has 0 spiro atoms. The van der Waals surface area contributed by atoms with Gasteiger partial charge in [0.15, 0.2) is 18.1 Å². The molecule has 0 aromatic heterocycles. The summed E-state index contributed by atoms with van der Waals surface area (Å²) in [6.45, 7) is -0.454. The number of ether oxygens (including phenoxy) is 3. The molecule has 0 saturated heterocycles. The van der Waals surface area contributed by atoms with Crippen molar-refractivity contribution in [2.24, 2.45) is 5.10 Å². The highest BCUT2D eigenvalue weighted by Crippen LogP contribution is 2.33. The van der Waals surface area contributed by atoms with Gasteiger partial charge < -0.3 is 24.1 Å². The number of methoxy groups -OCH3 is 2. The lowest BCUT2D eigenvalue weighted by atomic mass is 10.1. The van der Waals surface area contributed by atoms with Crippen LogP contribution in [-0.2, 0) is 9.59 Å². The predicted octanol–water partition coefficient (Wildman–Crippen LogP) is -0.0570. The zero-order valence-electron chi connectivity index (χ0n) is 16.2. The van der Waals surface area contributed by atoms with Crippen LogP contribution in [-0.4, -0.2) is 51.4 Å². The summed E-state index contributed by atoms with van der Waals surface area (Å²) >= 11 is 0. The SMILES string of the molecule is COc1ccc(/C=N\NC(=O)CN2C(=O)COc3ccccc32)c(C(=O)[O-])c1OC. The van der Waals surface area contributed by atoms with Crippen molar-refractivity contribution in [1.29, 1.82) is 0 Å². The van der Waals surface area contributed by atoms with Crippen molar-refractivity contribution in [1.82, 2.24) is 5.43 Å². The van der Waals surface area contributed by atoms with Gasteiger partial charge in [-0.3, -0.25) is 14.5 Å². The van der Waals surface area contributed by atoms with Crippen LogP contribution in [0, 0.1) is 0 Å². The third kappa shape index (κ3) is 4.17. The molecule has 2 amide bonds. The molecule has 10 heteroatoms. The second-order valence-corrected chi connectivity index (χ2v) is 6.08. The molecule has 0 bridgehead atoms. The molecule has 10 nitrogen and oxygen atoms in total. The number of nitrogens with one attached hydrogen (secondary N) is 1. The minimum Gasteiger partial charge on any atom is -0.545 e. The Morgan fingerprint density at radius 3 is 2.70 bits per heavy atom. The van der Waals surface area contributed by atoms with E-state index in [0.29, 0.717) is 11.4 Å². The average molecular weight is 412 g/mol. The number of anilines is 1. The number of amides is 2. The maximum atomic E-state index is 12.3. The van der Waals surface area contributed by atoms with E-state index in [2.05, 4.69) is 10.5 Å². The number of rotatable bonds is 7. The van der Waals surface area contributed by atoms with Crippen molar-refractivity contribution in [3.8, 4) is 17.2 Å². The Kier molecular flexibility index (Phi) is 6.16. The monoisotopic (exact) mass is 412 g/mol. The highest BCUT2D eigenvalue weighted by Gasteiger charge is 2.26. The summed E-state index contributed by atoms with van der Waals surface area (Å²) in [5.41, 5.74) is 2.62. The van der Waals surface area contributed by atoms with E-state index in [4.69, 9.17) is 14.2 Å². The highest BCUT2D eigenvalue weighted by molar-refractivity contribution is 6.03. The fraction of sp³-hybridized carbons (Fsp3) is 0.200. The number of nitrogens with zero attached hydrogens (tertiary/aromatic N) is 2. The summed E-state index contributed by atoms with van der Waals surface area (Å²) in [7, 11) is 2.67. The van der Waals surface area contributed by atoms with Gasteiger partial charge in [-0.25, -0.2) is 5.43 Å². The van der Waals surface area contributed by atoms with Gasteiger partial charge in [-0.2, -0.15) is 5.10 Å². The molecule has 1 heterocycles. The topological polar surface area (TPSA) is 130 Å². The van der Waals surface area contributed by atoms with Gasteiger partial charge in [-0.05, 0) is 24.3 Å². The van der Waals surface area contributed by atoms with Crippen molar-refractivity contribution in [3.63, 3.8) is 0 Å². The van der Waals surface area contributed by atoms with Crippen LogP contribution >= 0.6 is 0 Å². The van der Waals surface area contributed by atoms with Crippen LogP contribution in [0.5, 0.6) is 17.2 Å². The molecule has 2 aromatic carbocycles. The van der Waals surface area contributed by atoms with Gasteiger partial charge in [-0.1, -0.05) is 12.1 Å². The molecule has 156 valence electrons. The molecule has 1 aliphatic heterocycles. The number of fused-ring (bicyclic) bond motifs is 1. The number of hydrazone groups is 1. The third-order valence-corrected chi connectivity index (χ3v) is 4.28. The number of carbonyl (C=O) groups excluding carboxylic acids is 3. The molecule has 0 unspecified atom stereocenters. The van der Waals surface area contributed by atoms with E-state index in [1.165, 1.54) is 31.3 Å². The summed E-state index contributed by atoms with van der Waals surface area (Å²) in [4.78, 5) is 37.2. The van der Waals surface area contributed by atoms with E-state index in [-0.39, 0.29) is 41.7 Å². The van der Waals surface area contributed by atoms with Crippen molar-refractivity contribution in [2.75, 3.05) is 32.3 Å². The Labute approximate surface area is 171 Å². The zero-order chi connectivity index (χ0) is 21.7. The van der Waals surface area contributed by atoms with Gasteiger partial charge in [0.25, 0.3) is 11.8 Å². The van der Waals surface area contributed by atoms with Gasteiger partial charge in [0.1, 0.15) is 12.3 Å². The van der Waals surface area contributed by atoms with Gasteiger partial charge >= 0.3 is 0 Å². The predicted molar refractivity (Wildman–Crippen MR) is 104 cm³/mol. The highest BCUT2D eigenvalue weighted by atomic mass is 16.5. The van der Waals surface area contributed by atoms with Crippen LogP contribution in [0.1, 0.15) is 15.9 Å². The van der Waals surface area contributed by atoms with Crippen LogP contribution < -0.4 is 29.6 Å². The maximum absolute atomic E-state index is 12.3. The largest absolute Gasteiger partial charge is 0.545 e. The normalized spacial score (nSPS) is 12.9. The van der Waals surface area contributed by atoms with Crippen molar-refractivity contribution in [2.45, 2.75) is 0 Å². The van der Waals surface area contributed by atoms with E-state index < -0.39 is 11.9 Å². The summed E-state index contributed by atoms with van der Waals surface area (Å²) < 4.78 is 15.5. The number of benzene rings is 2. The average Bonchev–Trinajstić information content (AvgIpc) is 2.75. The van der Waals surface area contributed by atoms with E-state index in [0.717, 1.165) is 6.21 Å². The lowest BCUT2D eigenvalue weighted by molar-refractivity contribution is -0.255. The first-order valence-corrected chi connectivity index (χ1v) is 8.76. The Morgan fingerprint density at radius 1 is 1.23 bits per heavy atom. The molecule has 0 radical (unpaired) electrons. The third-order valence-electron chi connectivity index (χ3n) is 4.28. The molecular weight excluding hydrogens is 394 g/mol. The Bertz CT molecular complexity index is 1020. The lowest BCUT2D eigenvalue weighted by Gasteiger charge is -2.28. The van der Waals surface area contributed by atoms with E-state index in [9.17, 15) is 19.5 Å². The molecule has 0 fully saturated rings. The molecule has 0 atom stereocenters. The van der Waals surface area contributed by atoms with Crippen molar-refractivity contribution < 1.29 is 33.7 Å². The van der Waals surface area contributed by atoms with Crippen molar-refractivity contribution >= 4 is 29.7 Å². The van der Waals surface area contributed by atoms with Gasteiger partial charge in [0.2, 0.25) is 0 Å². The van der Waals surface area contributed by atoms with Crippen LogP contribution in [0.25, 0.3) is 0 Å². The molecule has 1 N–H and O–H groups in total. The maximum Gasteiger partial charge on any atom is 0.265 e. The molecule has 0 aliphatic carbocycles. The first kappa shape index (κ1) is 20.6. The second kappa shape index (κ2) is 8.95. The second-order valence-electron chi connectivity index (χ2n) is 6.08. The zero-order valence-corrected chi connectivity index (χ0v) is 16.2. The van der Waals surface area contributed by atoms with E-state index in [1.807, 2.05) is 0 Å². The summed E-state index contributed by atoms with van der Waals surface area (Å²) in [5.74, 6) is -1.75. The Hall–Kier alpha value is -4.08. The fourth-order valence-corrected chi connectivity index (χ4v) is 2.94. The van der Waals surface area contributed by atoms with Crippen molar-refractivity contribution in [3.05, 3.63) is 47.5 Å².